The summed E-state index contributed by atoms with van der Waals surface area (Å²) >= 11 is 0. The second-order valence-electron chi connectivity index (χ2n) is 5.63. The van der Waals surface area contributed by atoms with E-state index in [4.69, 9.17) is 9.47 Å². The van der Waals surface area contributed by atoms with Gasteiger partial charge in [-0.15, -0.1) is 0 Å². The average Bonchev–Trinajstić information content (AvgIpc) is 2.57. The lowest BCUT2D eigenvalue weighted by Gasteiger charge is -2.29. The lowest BCUT2D eigenvalue weighted by atomic mass is 9.75. The third kappa shape index (κ3) is 4.31. The maximum Gasteiger partial charge on any atom is 0.310 e. The van der Waals surface area contributed by atoms with Crippen molar-refractivity contribution in [2.75, 3.05) is 13.2 Å². The molecule has 0 aromatic heterocycles. The van der Waals surface area contributed by atoms with Crippen LogP contribution in [0.5, 0.6) is 0 Å². The summed E-state index contributed by atoms with van der Waals surface area (Å²) in [7, 11) is 0. The van der Waals surface area contributed by atoms with Gasteiger partial charge in [-0.05, 0) is 37.5 Å². The molecule has 0 amide bonds. The van der Waals surface area contributed by atoms with Crippen molar-refractivity contribution in [1.82, 2.24) is 0 Å². The van der Waals surface area contributed by atoms with Crippen molar-refractivity contribution in [3.8, 4) is 0 Å². The van der Waals surface area contributed by atoms with Gasteiger partial charge in [0.2, 0.25) is 0 Å². The molecule has 24 heavy (non-hydrogen) atoms. The summed E-state index contributed by atoms with van der Waals surface area (Å²) in [5.74, 6) is -2.55. The van der Waals surface area contributed by atoms with Crippen LogP contribution in [0, 0.1) is 11.8 Å². The number of hydrogen-bond acceptors (Lipinski definition) is 5. The van der Waals surface area contributed by atoms with Gasteiger partial charge in [0.05, 0.1) is 25.0 Å². The fourth-order valence-electron chi connectivity index (χ4n) is 2.85. The van der Waals surface area contributed by atoms with Gasteiger partial charge in [0.15, 0.2) is 5.78 Å². The van der Waals surface area contributed by atoms with Gasteiger partial charge in [-0.3, -0.25) is 14.4 Å². The molecule has 1 aliphatic rings. The van der Waals surface area contributed by atoms with Crippen molar-refractivity contribution in [3.63, 3.8) is 0 Å². The first-order valence-electron chi connectivity index (χ1n) is 8.18. The third-order valence-electron chi connectivity index (χ3n) is 4.01. The Bertz CT molecular complexity index is 632. The Hall–Kier alpha value is -2.43. The molecule has 1 aromatic rings. The van der Waals surface area contributed by atoms with Gasteiger partial charge in [0.1, 0.15) is 0 Å². The molecule has 1 aliphatic carbocycles. The molecule has 5 nitrogen and oxygen atoms in total. The number of hydrogen-bond donors (Lipinski definition) is 0. The number of rotatable bonds is 5. The molecule has 0 saturated heterocycles. The zero-order chi connectivity index (χ0) is 17.5. The molecular weight excluding hydrogens is 308 g/mol. The lowest BCUT2D eigenvalue weighted by Crippen LogP contribution is -2.38. The number of allylic oxidation sites excluding steroid dienone is 1. The van der Waals surface area contributed by atoms with E-state index < -0.39 is 23.8 Å². The standard InChI is InChI=1S/C19H22O5/c1-3-23-18(21)15-11-14(10-13-8-6-5-7-9-13)17(20)12-16(15)19(22)24-4-2/h5-10,15-16H,3-4,11-12H2,1-2H3/t15-,16-/m1/s1. The molecule has 0 N–H and O–H groups in total. The minimum atomic E-state index is -0.774. The van der Waals surface area contributed by atoms with Crippen molar-refractivity contribution in [3.05, 3.63) is 41.5 Å². The smallest absolute Gasteiger partial charge is 0.310 e. The number of Topliss-reactive ketones (excluding diaryl/α,β-unsaturated/α-hetero) is 1. The first-order valence-corrected chi connectivity index (χ1v) is 8.18. The van der Waals surface area contributed by atoms with Gasteiger partial charge in [-0.1, -0.05) is 30.3 Å². The highest BCUT2D eigenvalue weighted by atomic mass is 16.5. The van der Waals surface area contributed by atoms with E-state index in [1.165, 1.54) is 0 Å². The fraction of sp³-hybridized carbons (Fsp3) is 0.421. The molecule has 5 heteroatoms. The van der Waals surface area contributed by atoms with Crippen LogP contribution in [0.25, 0.3) is 6.08 Å². The molecule has 2 rings (SSSR count). The number of ketones is 1. The Labute approximate surface area is 141 Å². The van der Waals surface area contributed by atoms with Crippen molar-refractivity contribution in [1.29, 1.82) is 0 Å². The molecule has 0 heterocycles. The highest BCUT2D eigenvalue weighted by Gasteiger charge is 2.42. The van der Waals surface area contributed by atoms with Crippen LogP contribution < -0.4 is 0 Å². The molecule has 2 atom stereocenters. The van der Waals surface area contributed by atoms with Crippen LogP contribution in [-0.4, -0.2) is 30.9 Å². The molecule has 0 unspecified atom stereocenters. The number of carbonyl (C=O) groups excluding carboxylic acids is 3. The predicted octanol–water partition coefficient (Wildman–Crippen LogP) is 2.79. The zero-order valence-electron chi connectivity index (χ0n) is 14.0. The van der Waals surface area contributed by atoms with Gasteiger partial charge in [-0.25, -0.2) is 0 Å². The highest BCUT2D eigenvalue weighted by molar-refractivity contribution is 6.04. The van der Waals surface area contributed by atoms with E-state index in [9.17, 15) is 14.4 Å². The van der Waals surface area contributed by atoms with Crippen molar-refractivity contribution >= 4 is 23.8 Å². The van der Waals surface area contributed by atoms with Crippen LogP contribution >= 0.6 is 0 Å². The number of esters is 2. The van der Waals surface area contributed by atoms with E-state index >= 15 is 0 Å². The molecule has 0 bridgehead atoms. The Morgan fingerprint density at radius 2 is 1.54 bits per heavy atom. The van der Waals surface area contributed by atoms with Crippen molar-refractivity contribution in [2.24, 2.45) is 11.8 Å². The van der Waals surface area contributed by atoms with E-state index in [1.807, 2.05) is 30.3 Å². The zero-order valence-corrected chi connectivity index (χ0v) is 14.0. The van der Waals surface area contributed by atoms with Crippen LogP contribution in [0.2, 0.25) is 0 Å². The summed E-state index contributed by atoms with van der Waals surface area (Å²) in [6.45, 7) is 3.86. The molecule has 128 valence electrons. The maximum atomic E-state index is 12.4. The maximum absolute atomic E-state index is 12.4. The topological polar surface area (TPSA) is 69.7 Å². The van der Waals surface area contributed by atoms with E-state index in [0.29, 0.717) is 5.57 Å². The minimum Gasteiger partial charge on any atom is -0.466 e. The van der Waals surface area contributed by atoms with Crippen LogP contribution in [0.1, 0.15) is 32.3 Å². The monoisotopic (exact) mass is 330 g/mol. The highest BCUT2D eigenvalue weighted by Crippen LogP contribution is 2.34. The van der Waals surface area contributed by atoms with Crippen molar-refractivity contribution in [2.45, 2.75) is 26.7 Å². The SMILES string of the molecule is CCOC(=O)[C@@H]1CC(=O)C(=Cc2ccccc2)C[C@H]1C(=O)OCC. The molecule has 1 saturated carbocycles. The second-order valence-corrected chi connectivity index (χ2v) is 5.63. The van der Waals surface area contributed by atoms with Crippen molar-refractivity contribution < 1.29 is 23.9 Å². The first-order chi connectivity index (χ1) is 11.6. The summed E-state index contributed by atoms with van der Waals surface area (Å²) in [4.78, 5) is 36.8. The van der Waals surface area contributed by atoms with Gasteiger partial charge in [0.25, 0.3) is 0 Å². The number of benzene rings is 1. The van der Waals surface area contributed by atoms with Gasteiger partial charge >= 0.3 is 11.9 Å². The summed E-state index contributed by atoms with van der Waals surface area (Å²) in [5, 5.41) is 0. The Kier molecular flexibility index (Phi) is 6.29. The number of ether oxygens (including phenoxy) is 2. The molecule has 1 fully saturated rings. The quantitative estimate of drug-likeness (QED) is 0.613. The summed E-state index contributed by atoms with van der Waals surface area (Å²) in [6, 6.07) is 9.42. The van der Waals surface area contributed by atoms with E-state index in [-0.39, 0.29) is 31.8 Å². The molecule has 0 aliphatic heterocycles. The van der Waals surface area contributed by atoms with Gasteiger partial charge < -0.3 is 9.47 Å². The Morgan fingerprint density at radius 3 is 2.08 bits per heavy atom. The van der Waals surface area contributed by atoms with E-state index in [0.717, 1.165) is 5.56 Å². The Balaban J connectivity index is 2.27. The number of carbonyl (C=O) groups is 3. The summed E-state index contributed by atoms with van der Waals surface area (Å²) in [5.41, 5.74) is 1.43. The molecular formula is C19H22O5. The lowest BCUT2D eigenvalue weighted by molar-refractivity contribution is -0.162. The summed E-state index contributed by atoms with van der Waals surface area (Å²) in [6.07, 6.45) is 1.94. The largest absolute Gasteiger partial charge is 0.466 e. The minimum absolute atomic E-state index is 0.0268. The van der Waals surface area contributed by atoms with Crippen LogP contribution in [-0.2, 0) is 23.9 Å². The van der Waals surface area contributed by atoms with Crippen LogP contribution in [0.4, 0.5) is 0 Å². The molecule has 0 radical (unpaired) electrons. The second kappa shape index (κ2) is 8.43. The average molecular weight is 330 g/mol. The molecule has 1 aromatic carbocycles. The van der Waals surface area contributed by atoms with Crippen LogP contribution in [0.15, 0.2) is 35.9 Å². The first kappa shape index (κ1) is 17.9. The van der Waals surface area contributed by atoms with Gasteiger partial charge in [-0.2, -0.15) is 0 Å². The van der Waals surface area contributed by atoms with E-state index in [1.54, 1.807) is 19.9 Å². The van der Waals surface area contributed by atoms with Crippen LogP contribution in [0.3, 0.4) is 0 Å². The third-order valence-corrected chi connectivity index (χ3v) is 4.01. The normalized spacial score (nSPS) is 22.2. The summed E-state index contributed by atoms with van der Waals surface area (Å²) < 4.78 is 10.1. The predicted molar refractivity (Wildman–Crippen MR) is 88.9 cm³/mol. The molecule has 0 spiro atoms. The fourth-order valence-corrected chi connectivity index (χ4v) is 2.85. The van der Waals surface area contributed by atoms with E-state index in [2.05, 4.69) is 0 Å². The van der Waals surface area contributed by atoms with Gasteiger partial charge in [0, 0.05) is 6.42 Å². The Morgan fingerprint density at radius 1 is 1.00 bits per heavy atom.